The van der Waals surface area contributed by atoms with Gasteiger partial charge in [0.1, 0.15) is 0 Å². The molecule has 0 bridgehead atoms. The van der Waals surface area contributed by atoms with Crippen molar-refractivity contribution in [1.29, 1.82) is 0 Å². The fraction of sp³-hybridized carbons (Fsp3) is 0.370. The molecular weight excluding hydrogens is 496 g/mol. The lowest BCUT2D eigenvalue weighted by Crippen LogP contribution is -2.53. The molecule has 39 heavy (non-hydrogen) atoms. The number of hydrogen-bond donors (Lipinski definition) is 3. The highest BCUT2D eigenvalue weighted by Gasteiger charge is 2.35. The molecule has 0 spiro atoms. The zero-order chi connectivity index (χ0) is 26.9. The molecule has 0 radical (unpaired) electrons. The van der Waals surface area contributed by atoms with Gasteiger partial charge in [-0.3, -0.25) is 9.78 Å². The molecule has 5 N–H and O–H groups in total. The topological polar surface area (TPSA) is 153 Å². The SMILES string of the molecule is C[C@H]1CN(c2ccncc2NC(=O)c2nc3cc(N4CCOCC4)ccc3cc2N)C[C@@H](N)[C@H]1n1ccnn1. The van der Waals surface area contributed by atoms with Crippen LogP contribution in [0.15, 0.2) is 55.1 Å². The fourth-order valence-electron chi connectivity index (χ4n) is 5.66. The van der Waals surface area contributed by atoms with Gasteiger partial charge in [0.15, 0.2) is 5.69 Å². The molecule has 6 rings (SSSR count). The molecule has 202 valence electrons. The van der Waals surface area contributed by atoms with Gasteiger partial charge < -0.3 is 31.3 Å². The Kier molecular flexibility index (Phi) is 6.71. The number of nitrogens with one attached hydrogen (secondary N) is 1. The zero-order valence-electron chi connectivity index (χ0n) is 21.8. The van der Waals surface area contributed by atoms with E-state index in [-0.39, 0.29) is 23.7 Å². The maximum atomic E-state index is 13.5. The smallest absolute Gasteiger partial charge is 0.276 e. The minimum absolute atomic E-state index is 0.0348. The normalized spacial score (nSPS) is 21.7. The number of pyridine rings is 2. The number of carbonyl (C=O) groups excluding carboxylic acids is 1. The van der Waals surface area contributed by atoms with Gasteiger partial charge in [0.05, 0.1) is 54.2 Å². The number of nitrogens with two attached hydrogens (primary N) is 2. The molecule has 12 nitrogen and oxygen atoms in total. The predicted molar refractivity (Wildman–Crippen MR) is 150 cm³/mol. The lowest BCUT2D eigenvalue weighted by molar-refractivity contribution is 0.102. The van der Waals surface area contributed by atoms with Crippen LogP contribution in [0.1, 0.15) is 23.5 Å². The second-order valence-corrected chi connectivity index (χ2v) is 10.2. The second kappa shape index (κ2) is 10.5. The van der Waals surface area contributed by atoms with Crippen molar-refractivity contribution in [3.8, 4) is 0 Å². The van der Waals surface area contributed by atoms with E-state index in [1.807, 2.05) is 35.1 Å². The molecule has 4 aromatic rings. The number of nitrogen functional groups attached to an aromatic ring is 1. The summed E-state index contributed by atoms with van der Waals surface area (Å²) in [6.07, 6.45) is 6.86. The van der Waals surface area contributed by atoms with Crippen molar-refractivity contribution in [1.82, 2.24) is 25.0 Å². The van der Waals surface area contributed by atoms with Crippen LogP contribution in [0.3, 0.4) is 0 Å². The van der Waals surface area contributed by atoms with E-state index in [9.17, 15) is 4.79 Å². The van der Waals surface area contributed by atoms with Crippen LogP contribution < -0.4 is 26.6 Å². The van der Waals surface area contributed by atoms with Gasteiger partial charge >= 0.3 is 0 Å². The Labute approximate surface area is 225 Å². The average molecular weight is 529 g/mol. The first kappa shape index (κ1) is 25.0. The maximum Gasteiger partial charge on any atom is 0.276 e. The van der Waals surface area contributed by atoms with Gasteiger partial charge in [-0.05, 0) is 30.2 Å². The molecule has 2 saturated heterocycles. The third-order valence-corrected chi connectivity index (χ3v) is 7.52. The minimum atomic E-state index is -0.393. The summed E-state index contributed by atoms with van der Waals surface area (Å²) in [5.41, 5.74) is 16.5. The number of hydrogen-bond acceptors (Lipinski definition) is 10. The van der Waals surface area contributed by atoms with Gasteiger partial charge in [0, 0.05) is 55.7 Å². The van der Waals surface area contributed by atoms with Crippen molar-refractivity contribution in [2.45, 2.75) is 19.0 Å². The first-order valence-corrected chi connectivity index (χ1v) is 13.1. The molecule has 3 aromatic heterocycles. The molecule has 2 aliphatic rings. The standard InChI is InChI=1S/C27H32N10O2/c1-17-15-36(16-21(29)26(17)37-7-6-31-34-37)24-4-5-30-14-23(24)33-27(38)25-20(28)12-18-2-3-19(13-22(18)32-25)35-8-10-39-11-9-35/h2-7,12-14,17,21,26H,8-11,15-16,28-29H2,1H3,(H,33,38)/t17-,21+,26-/m0/s1. The molecule has 1 aromatic carbocycles. The second-order valence-electron chi connectivity index (χ2n) is 10.2. The first-order valence-electron chi connectivity index (χ1n) is 13.1. The Morgan fingerprint density at radius 2 is 1.95 bits per heavy atom. The van der Waals surface area contributed by atoms with Crippen molar-refractivity contribution in [2.24, 2.45) is 11.7 Å². The van der Waals surface area contributed by atoms with Crippen LogP contribution in [0.2, 0.25) is 0 Å². The zero-order valence-corrected chi connectivity index (χ0v) is 21.8. The lowest BCUT2D eigenvalue weighted by atomic mass is 9.90. The highest BCUT2D eigenvalue weighted by atomic mass is 16.5. The maximum absolute atomic E-state index is 13.5. The van der Waals surface area contributed by atoms with Crippen molar-refractivity contribution < 1.29 is 9.53 Å². The molecule has 2 fully saturated rings. The Morgan fingerprint density at radius 1 is 1.10 bits per heavy atom. The molecule has 1 amide bonds. The number of amides is 1. The summed E-state index contributed by atoms with van der Waals surface area (Å²) in [7, 11) is 0. The summed E-state index contributed by atoms with van der Waals surface area (Å²) in [5, 5.41) is 12.0. The quantitative estimate of drug-likeness (QED) is 0.350. The number of carbonyl (C=O) groups is 1. The first-order chi connectivity index (χ1) is 19.0. The molecule has 12 heteroatoms. The molecule has 0 unspecified atom stereocenters. The van der Waals surface area contributed by atoms with E-state index in [1.165, 1.54) is 0 Å². The number of morpholine rings is 1. The molecule has 2 aliphatic heterocycles. The van der Waals surface area contributed by atoms with E-state index in [2.05, 4.69) is 42.3 Å². The molecule has 3 atom stereocenters. The number of fused-ring (bicyclic) bond motifs is 1. The van der Waals surface area contributed by atoms with Crippen LogP contribution in [0.4, 0.5) is 22.7 Å². The van der Waals surface area contributed by atoms with E-state index in [0.29, 0.717) is 36.6 Å². The largest absolute Gasteiger partial charge is 0.397 e. The summed E-state index contributed by atoms with van der Waals surface area (Å²) < 4.78 is 7.30. The van der Waals surface area contributed by atoms with Gasteiger partial charge in [0.25, 0.3) is 5.91 Å². The lowest BCUT2D eigenvalue weighted by Gasteiger charge is -2.42. The molecule has 0 aliphatic carbocycles. The number of piperidine rings is 1. The van der Waals surface area contributed by atoms with Crippen LogP contribution in [0.25, 0.3) is 10.9 Å². The highest BCUT2D eigenvalue weighted by molar-refractivity contribution is 6.09. The number of benzene rings is 1. The summed E-state index contributed by atoms with van der Waals surface area (Å²) in [5.74, 6) is -0.194. The summed E-state index contributed by atoms with van der Waals surface area (Å²) in [6, 6.07) is 9.56. The average Bonchev–Trinajstić information content (AvgIpc) is 3.47. The van der Waals surface area contributed by atoms with Crippen LogP contribution in [0.5, 0.6) is 0 Å². The van der Waals surface area contributed by atoms with Crippen molar-refractivity contribution in [3.05, 3.63) is 60.8 Å². The van der Waals surface area contributed by atoms with Gasteiger partial charge in [-0.1, -0.05) is 18.2 Å². The van der Waals surface area contributed by atoms with E-state index < -0.39 is 5.91 Å². The summed E-state index contributed by atoms with van der Waals surface area (Å²) >= 11 is 0. The number of aromatic nitrogens is 5. The van der Waals surface area contributed by atoms with Crippen LogP contribution in [0, 0.1) is 5.92 Å². The molecular formula is C27H32N10O2. The fourth-order valence-corrected chi connectivity index (χ4v) is 5.66. The number of anilines is 4. The minimum Gasteiger partial charge on any atom is -0.397 e. The van der Waals surface area contributed by atoms with Gasteiger partial charge in [-0.2, -0.15) is 0 Å². The molecule has 0 saturated carbocycles. The van der Waals surface area contributed by atoms with Crippen LogP contribution in [-0.2, 0) is 4.74 Å². The Morgan fingerprint density at radius 3 is 2.72 bits per heavy atom. The van der Waals surface area contributed by atoms with Crippen LogP contribution in [-0.4, -0.2) is 76.3 Å². The Balaban J connectivity index is 1.24. The van der Waals surface area contributed by atoms with Gasteiger partial charge in [-0.25, -0.2) is 9.67 Å². The van der Waals surface area contributed by atoms with E-state index in [4.69, 9.17) is 16.2 Å². The predicted octanol–water partition coefficient (Wildman–Crippen LogP) is 1.92. The Bertz CT molecular complexity index is 1460. The van der Waals surface area contributed by atoms with E-state index >= 15 is 0 Å². The number of rotatable bonds is 5. The van der Waals surface area contributed by atoms with E-state index in [0.717, 1.165) is 36.4 Å². The van der Waals surface area contributed by atoms with Crippen molar-refractivity contribution >= 4 is 39.6 Å². The van der Waals surface area contributed by atoms with Gasteiger partial charge in [-0.15, -0.1) is 5.10 Å². The van der Waals surface area contributed by atoms with Crippen molar-refractivity contribution in [3.63, 3.8) is 0 Å². The van der Waals surface area contributed by atoms with Crippen LogP contribution >= 0.6 is 0 Å². The third kappa shape index (κ3) is 4.95. The summed E-state index contributed by atoms with van der Waals surface area (Å²) in [6.45, 7) is 6.47. The monoisotopic (exact) mass is 528 g/mol. The Hall–Kier alpha value is -4.29. The number of nitrogens with zero attached hydrogens (tertiary/aromatic N) is 7. The van der Waals surface area contributed by atoms with Crippen molar-refractivity contribution in [2.75, 3.05) is 60.2 Å². The number of ether oxygens (including phenoxy) is 1. The summed E-state index contributed by atoms with van der Waals surface area (Å²) in [4.78, 5) is 26.8. The molecule has 5 heterocycles. The third-order valence-electron chi connectivity index (χ3n) is 7.52. The highest BCUT2D eigenvalue weighted by Crippen LogP contribution is 2.34. The van der Waals surface area contributed by atoms with Gasteiger partial charge in [0.2, 0.25) is 0 Å². The van der Waals surface area contributed by atoms with E-state index in [1.54, 1.807) is 24.7 Å².